The fourth-order valence-electron chi connectivity index (χ4n) is 1.72. The molecule has 2 heteroatoms. The Labute approximate surface area is 97.6 Å². The molecule has 0 bridgehead atoms. The predicted molar refractivity (Wildman–Crippen MR) is 67.2 cm³/mol. The molecule has 0 heterocycles. The van der Waals surface area contributed by atoms with E-state index in [-0.39, 0.29) is 6.04 Å². The Morgan fingerprint density at radius 2 is 1.93 bits per heavy atom. The fourth-order valence-corrected chi connectivity index (χ4v) is 1.95. The van der Waals surface area contributed by atoms with Crippen molar-refractivity contribution in [3.63, 3.8) is 0 Å². The molecule has 1 aromatic rings. The molecule has 0 spiro atoms. The first-order chi connectivity index (χ1) is 7.00. The van der Waals surface area contributed by atoms with Crippen LogP contribution in [0.15, 0.2) is 18.2 Å². The molecular formula is C13H20ClN. The number of rotatable bonds is 4. The monoisotopic (exact) mass is 225 g/mol. The van der Waals surface area contributed by atoms with E-state index in [1.165, 1.54) is 17.5 Å². The van der Waals surface area contributed by atoms with Crippen molar-refractivity contribution < 1.29 is 0 Å². The smallest absolute Gasteiger partial charge is 0.0408 e. The largest absolute Gasteiger partial charge is 0.324 e. The zero-order chi connectivity index (χ0) is 11.4. The van der Waals surface area contributed by atoms with E-state index in [0.717, 1.165) is 11.4 Å². The Kier molecular flexibility index (Phi) is 4.62. The van der Waals surface area contributed by atoms with Gasteiger partial charge in [0.1, 0.15) is 0 Å². The van der Waals surface area contributed by atoms with Crippen molar-refractivity contribution in [3.8, 4) is 0 Å². The summed E-state index contributed by atoms with van der Waals surface area (Å²) < 4.78 is 0. The maximum absolute atomic E-state index is 6.15. The van der Waals surface area contributed by atoms with Crippen molar-refractivity contribution in [2.75, 3.05) is 0 Å². The number of hydrogen-bond donors (Lipinski definition) is 1. The van der Waals surface area contributed by atoms with Crippen molar-refractivity contribution in [1.82, 2.24) is 0 Å². The number of benzene rings is 1. The van der Waals surface area contributed by atoms with Gasteiger partial charge in [0.15, 0.2) is 0 Å². The molecule has 0 saturated carbocycles. The molecule has 1 nitrogen and oxygen atoms in total. The summed E-state index contributed by atoms with van der Waals surface area (Å²) in [7, 11) is 0. The molecule has 0 saturated heterocycles. The van der Waals surface area contributed by atoms with Gasteiger partial charge in [-0.1, -0.05) is 31.5 Å². The SMILES string of the molecule is Cc1cc(Cl)ccc1C(N)CCC(C)C. The summed E-state index contributed by atoms with van der Waals surface area (Å²) in [5.41, 5.74) is 8.57. The van der Waals surface area contributed by atoms with Crippen LogP contribution >= 0.6 is 11.6 Å². The average Bonchev–Trinajstić information content (AvgIpc) is 2.14. The Hall–Kier alpha value is -0.530. The third-order valence-electron chi connectivity index (χ3n) is 2.69. The summed E-state index contributed by atoms with van der Waals surface area (Å²) in [5.74, 6) is 0.712. The summed E-state index contributed by atoms with van der Waals surface area (Å²) in [6.45, 7) is 6.51. The lowest BCUT2D eigenvalue weighted by molar-refractivity contribution is 0.506. The van der Waals surface area contributed by atoms with Crippen molar-refractivity contribution in [2.45, 2.75) is 39.7 Å². The summed E-state index contributed by atoms with van der Waals surface area (Å²) in [6.07, 6.45) is 2.21. The van der Waals surface area contributed by atoms with Gasteiger partial charge < -0.3 is 5.73 Å². The lowest BCUT2D eigenvalue weighted by Crippen LogP contribution is -2.12. The van der Waals surface area contributed by atoms with Gasteiger partial charge in [-0.25, -0.2) is 0 Å². The standard InChI is InChI=1S/C13H20ClN/c1-9(2)4-7-13(15)12-6-5-11(14)8-10(12)3/h5-6,8-9,13H,4,7,15H2,1-3H3. The van der Waals surface area contributed by atoms with Crippen LogP contribution in [-0.2, 0) is 0 Å². The van der Waals surface area contributed by atoms with Gasteiger partial charge in [0, 0.05) is 11.1 Å². The maximum Gasteiger partial charge on any atom is 0.0408 e. The second-order valence-electron chi connectivity index (χ2n) is 4.58. The van der Waals surface area contributed by atoms with E-state index in [4.69, 9.17) is 17.3 Å². The zero-order valence-corrected chi connectivity index (χ0v) is 10.5. The summed E-state index contributed by atoms with van der Waals surface area (Å²) in [6, 6.07) is 6.08. The second kappa shape index (κ2) is 5.53. The molecule has 0 fully saturated rings. The molecule has 15 heavy (non-hydrogen) atoms. The zero-order valence-electron chi connectivity index (χ0n) is 9.76. The van der Waals surface area contributed by atoms with E-state index >= 15 is 0 Å². The Bertz CT molecular complexity index is 320. The van der Waals surface area contributed by atoms with Crippen LogP contribution in [0.25, 0.3) is 0 Å². The van der Waals surface area contributed by atoms with E-state index in [9.17, 15) is 0 Å². The fraction of sp³-hybridized carbons (Fsp3) is 0.538. The van der Waals surface area contributed by atoms with E-state index in [1.807, 2.05) is 18.2 Å². The van der Waals surface area contributed by atoms with E-state index < -0.39 is 0 Å². The van der Waals surface area contributed by atoms with Crippen molar-refractivity contribution in [3.05, 3.63) is 34.3 Å². The lowest BCUT2D eigenvalue weighted by atomic mass is 9.95. The van der Waals surface area contributed by atoms with Gasteiger partial charge in [-0.3, -0.25) is 0 Å². The molecule has 0 aromatic heterocycles. The van der Waals surface area contributed by atoms with Crippen molar-refractivity contribution in [1.29, 1.82) is 0 Å². The van der Waals surface area contributed by atoms with Crippen LogP contribution in [0, 0.1) is 12.8 Å². The van der Waals surface area contributed by atoms with Gasteiger partial charge >= 0.3 is 0 Å². The van der Waals surface area contributed by atoms with Crippen LogP contribution in [0.1, 0.15) is 43.9 Å². The summed E-state index contributed by atoms with van der Waals surface area (Å²) >= 11 is 5.91. The summed E-state index contributed by atoms with van der Waals surface area (Å²) in [4.78, 5) is 0. The highest BCUT2D eigenvalue weighted by atomic mass is 35.5. The highest BCUT2D eigenvalue weighted by molar-refractivity contribution is 6.30. The normalized spacial score (nSPS) is 13.2. The van der Waals surface area contributed by atoms with Crippen LogP contribution in [0.4, 0.5) is 0 Å². The molecule has 1 unspecified atom stereocenters. The van der Waals surface area contributed by atoms with Crippen molar-refractivity contribution in [2.24, 2.45) is 11.7 Å². The summed E-state index contributed by atoms with van der Waals surface area (Å²) in [5, 5.41) is 0.785. The minimum Gasteiger partial charge on any atom is -0.324 e. The maximum atomic E-state index is 6.15. The van der Waals surface area contributed by atoms with Gasteiger partial charge in [-0.05, 0) is 48.9 Å². The molecule has 0 aliphatic carbocycles. The minimum atomic E-state index is 0.143. The quantitative estimate of drug-likeness (QED) is 0.821. The molecule has 0 aliphatic heterocycles. The number of nitrogens with two attached hydrogens (primary N) is 1. The topological polar surface area (TPSA) is 26.0 Å². The molecule has 0 aliphatic rings. The van der Waals surface area contributed by atoms with E-state index in [1.54, 1.807) is 0 Å². The highest BCUT2D eigenvalue weighted by Crippen LogP contribution is 2.24. The van der Waals surface area contributed by atoms with Gasteiger partial charge in [-0.2, -0.15) is 0 Å². The highest BCUT2D eigenvalue weighted by Gasteiger charge is 2.09. The molecule has 1 atom stereocenters. The Morgan fingerprint density at radius 3 is 2.47 bits per heavy atom. The second-order valence-corrected chi connectivity index (χ2v) is 5.02. The first-order valence-electron chi connectivity index (χ1n) is 5.52. The van der Waals surface area contributed by atoms with E-state index in [2.05, 4.69) is 20.8 Å². The van der Waals surface area contributed by atoms with Crippen LogP contribution in [-0.4, -0.2) is 0 Å². The third-order valence-corrected chi connectivity index (χ3v) is 2.92. The van der Waals surface area contributed by atoms with Gasteiger partial charge in [-0.15, -0.1) is 0 Å². The van der Waals surface area contributed by atoms with E-state index in [0.29, 0.717) is 5.92 Å². The van der Waals surface area contributed by atoms with Crippen LogP contribution in [0.5, 0.6) is 0 Å². The van der Waals surface area contributed by atoms with Gasteiger partial charge in [0.25, 0.3) is 0 Å². The Balaban J connectivity index is 2.69. The molecule has 1 aromatic carbocycles. The van der Waals surface area contributed by atoms with Gasteiger partial charge in [0.2, 0.25) is 0 Å². The predicted octanol–water partition coefficient (Wildman–Crippen LogP) is 4.08. The lowest BCUT2D eigenvalue weighted by Gasteiger charge is -2.16. The number of halogens is 1. The molecule has 2 N–H and O–H groups in total. The molecule has 1 rings (SSSR count). The Morgan fingerprint density at radius 1 is 1.27 bits per heavy atom. The number of aryl methyl sites for hydroxylation is 1. The third kappa shape index (κ3) is 3.84. The molecule has 0 amide bonds. The molecule has 0 radical (unpaired) electrons. The van der Waals surface area contributed by atoms with Crippen LogP contribution < -0.4 is 5.73 Å². The molecular weight excluding hydrogens is 206 g/mol. The first kappa shape index (κ1) is 12.5. The van der Waals surface area contributed by atoms with Crippen LogP contribution in [0.3, 0.4) is 0 Å². The minimum absolute atomic E-state index is 0.143. The van der Waals surface area contributed by atoms with Crippen molar-refractivity contribution >= 4 is 11.6 Å². The van der Waals surface area contributed by atoms with Crippen LogP contribution in [0.2, 0.25) is 5.02 Å². The first-order valence-corrected chi connectivity index (χ1v) is 5.90. The molecule has 84 valence electrons. The average molecular weight is 226 g/mol. The van der Waals surface area contributed by atoms with Gasteiger partial charge in [0.05, 0.1) is 0 Å². The number of hydrogen-bond acceptors (Lipinski definition) is 1.